The fraction of sp³-hybridized carbons (Fsp3) is 0.750. The van der Waals surface area contributed by atoms with E-state index in [9.17, 15) is 0 Å². The van der Waals surface area contributed by atoms with E-state index in [-0.39, 0.29) is 0 Å². The van der Waals surface area contributed by atoms with Crippen LogP contribution in [0.1, 0.15) is 57.1 Å². The van der Waals surface area contributed by atoms with Crippen molar-refractivity contribution in [1.29, 1.82) is 0 Å². The summed E-state index contributed by atoms with van der Waals surface area (Å²) < 4.78 is 11.5. The van der Waals surface area contributed by atoms with Gasteiger partial charge in [0, 0.05) is 6.61 Å². The highest BCUT2D eigenvalue weighted by atomic mass is 16.5. The molecule has 19 heavy (non-hydrogen) atoms. The Morgan fingerprint density at radius 3 is 2.79 bits per heavy atom. The molecule has 1 aromatic heterocycles. The SMILES string of the molecule is CCCNCc1oc(COCC(C)CCC)cc1C. The highest BCUT2D eigenvalue weighted by molar-refractivity contribution is 5.19. The molecule has 1 aromatic rings. The van der Waals surface area contributed by atoms with Crippen molar-refractivity contribution in [2.75, 3.05) is 13.2 Å². The summed E-state index contributed by atoms with van der Waals surface area (Å²) in [6.45, 7) is 11.9. The molecule has 1 heterocycles. The van der Waals surface area contributed by atoms with E-state index in [1.165, 1.54) is 18.4 Å². The van der Waals surface area contributed by atoms with Crippen molar-refractivity contribution < 1.29 is 9.15 Å². The Bertz CT molecular complexity index is 347. The molecule has 1 N–H and O–H groups in total. The lowest BCUT2D eigenvalue weighted by Gasteiger charge is -2.09. The monoisotopic (exact) mass is 267 g/mol. The standard InChI is InChI=1S/C16H29NO2/c1-5-7-13(3)11-18-12-15-9-14(4)16(19-15)10-17-8-6-2/h9,13,17H,5-8,10-12H2,1-4H3. The molecule has 0 saturated carbocycles. The van der Waals surface area contributed by atoms with Crippen molar-refractivity contribution in [3.63, 3.8) is 0 Å². The topological polar surface area (TPSA) is 34.4 Å². The molecule has 0 aromatic carbocycles. The second-order valence-corrected chi connectivity index (χ2v) is 5.40. The summed E-state index contributed by atoms with van der Waals surface area (Å²) in [5.41, 5.74) is 1.21. The first-order valence-corrected chi connectivity index (χ1v) is 7.54. The van der Waals surface area contributed by atoms with E-state index in [1.54, 1.807) is 0 Å². The van der Waals surface area contributed by atoms with Crippen LogP contribution < -0.4 is 5.32 Å². The van der Waals surface area contributed by atoms with Crippen LogP contribution in [0.25, 0.3) is 0 Å². The first-order chi connectivity index (χ1) is 9.17. The molecular formula is C16H29NO2. The highest BCUT2D eigenvalue weighted by Gasteiger charge is 2.08. The number of hydrogen-bond donors (Lipinski definition) is 1. The van der Waals surface area contributed by atoms with E-state index in [1.807, 2.05) is 0 Å². The maximum absolute atomic E-state index is 5.82. The van der Waals surface area contributed by atoms with Gasteiger partial charge in [-0.1, -0.05) is 27.2 Å². The molecule has 0 bridgehead atoms. The fourth-order valence-electron chi connectivity index (χ4n) is 2.15. The molecule has 110 valence electrons. The Morgan fingerprint density at radius 1 is 1.32 bits per heavy atom. The molecule has 1 rings (SSSR count). The highest BCUT2D eigenvalue weighted by Crippen LogP contribution is 2.16. The minimum absolute atomic E-state index is 0.586. The molecule has 0 fully saturated rings. The van der Waals surface area contributed by atoms with Gasteiger partial charge in [0.15, 0.2) is 0 Å². The van der Waals surface area contributed by atoms with Gasteiger partial charge in [-0.2, -0.15) is 0 Å². The van der Waals surface area contributed by atoms with Crippen LogP contribution in [0, 0.1) is 12.8 Å². The largest absolute Gasteiger partial charge is 0.462 e. The second kappa shape index (κ2) is 9.16. The molecule has 0 aliphatic rings. The summed E-state index contributed by atoms with van der Waals surface area (Å²) in [5.74, 6) is 2.61. The molecule has 0 saturated heterocycles. The molecule has 1 unspecified atom stereocenters. The third-order valence-electron chi connectivity index (χ3n) is 3.21. The van der Waals surface area contributed by atoms with Crippen LogP contribution in [0.4, 0.5) is 0 Å². The van der Waals surface area contributed by atoms with Gasteiger partial charge in [0.05, 0.1) is 6.54 Å². The van der Waals surface area contributed by atoms with Crippen molar-refractivity contribution in [2.45, 2.75) is 60.1 Å². The Hall–Kier alpha value is -0.800. The zero-order valence-corrected chi connectivity index (χ0v) is 12.9. The van der Waals surface area contributed by atoms with Gasteiger partial charge in [0.2, 0.25) is 0 Å². The lowest BCUT2D eigenvalue weighted by Crippen LogP contribution is -2.13. The number of aryl methyl sites for hydroxylation is 1. The van der Waals surface area contributed by atoms with Crippen LogP contribution in [0.15, 0.2) is 10.5 Å². The minimum atomic E-state index is 0.586. The van der Waals surface area contributed by atoms with Gasteiger partial charge < -0.3 is 14.5 Å². The van der Waals surface area contributed by atoms with Crippen molar-refractivity contribution in [3.05, 3.63) is 23.2 Å². The molecule has 0 aliphatic heterocycles. The van der Waals surface area contributed by atoms with E-state index in [2.05, 4.69) is 39.1 Å². The second-order valence-electron chi connectivity index (χ2n) is 5.40. The fourth-order valence-corrected chi connectivity index (χ4v) is 2.15. The Morgan fingerprint density at radius 2 is 2.11 bits per heavy atom. The van der Waals surface area contributed by atoms with Gasteiger partial charge >= 0.3 is 0 Å². The van der Waals surface area contributed by atoms with Crippen LogP contribution in [0.3, 0.4) is 0 Å². The van der Waals surface area contributed by atoms with Gasteiger partial charge in [0.1, 0.15) is 18.1 Å². The smallest absolute Gasteiger partial charge is 0.130 e. The molecule has 0 aliphatic carbocycles. The average molecular weight is 267 g/mol. The van der Waals surface area contributed by atoms with Gasteiger partial charge in [-0.05, 0) is 43.9 Å². The summed E-state index contributed by atoms with van der Waals surface area (Å²) in [6.07, 6.45) is 3.59. The van der Waals surface area contributed by atoms with Crippen LogP contribution in [0.5, 0.6) is 0 Å². The van der Waals surface area contributed by atoms with Crippen LogP contribution in [0.2, 0.25) is 0 Å². The van der Waals surface area contributed by atoms with E-state index >= 15 is 0 Å². The lowest BCUT2D eigenvalue weighted by atomic mass is 10.1. The summed E-state index contributed by atoms with van der Waals surface area (Å²) in [5, 5.41) is 3.36. The number of nitrogens with one attached hydrogen (secondary N) is 1. The summed E-state index contributed by atoms with van der Waals surface area (Å²) in [4.78, 5) is 0. The van der Waals surface area contributed by atoms with Crippen LogP contribution >= 0.6 is 0 Å². The average Bonchev–Trinajstić information content (AvgIpc) is 2.71. The van der Waals surface area contributed by atoms with Crippen molar-refractivity contribution in [1.82, 2.24) is 5.32 Å². The predicted octanol–water partition coefficient (Wildman–Crippen LogP) is 4.04. The first kappa shape index (κ1) is 16.3. The summed E-state index contributed by atoms with van der Waals surface area (Å²) >= 11 is 0. The zero-order chi connectivity index (χ0) is 14.1. The Kier molecular flexibility index (Phi) is 7.84. The predicted molar refractivity (Wildman–Crippen MR) is 79.2 cm³/mol. The van der Waals surface area contributed by atoms with Gasteiger partial charge in [-0.15, -0.1) is 0 Å². The maximum atomic E-state index is 5.82. The van der Waals surface area contributed by atoms with Gasteiger partial charge in [0.25, 0.3) is 0 Å². The number of furan rings is 1. The minimum Gasteiger partial charge on any atom is -0.462 e. The Balaban J connectivity index is 2.32. The molecular weight excluding hydrogens is 238 g/mol. The summed E-state index contributed by atoms with van der Waals surface area (Å²) in [7, 11) is 0. The van der Waals surface area contributed by atoms with Gasteiger partial charge in [-0.3, -0.25) is 0 Å². The van der Waals surface area contributed by atoms with Crippen molar-refractivity contribution >= 4 is 0 Å². The lowest BCUT2D eigenvalue weighted by molar-refractivity contribution is 0.0768. The Labute approximate surface area is 117 Å². The third kappa shape index (κ3) is 6.26. The molecule has 0 spiro atoms. The third-order valence-corrected chi connectivity index (χ3v) is 3.21. The van der Waals surface area contributed by atoms with Crippen LogP contribution in [-0.4, -0.2) is 13.2 Å². The van der Waals surface area contributed by atoms with Crippen molar-refractivity contribution in [2.24, 2.45) is 5.92 Å². The van der Waals surface area contributed by atoms with E-state index in [0.717, 1.165) is 37.6 Å². The van der Waals surface area contributed by atoms with Gasteiger partial charge in [-0.25, -0.2) is 0 Å². The first-order valence-electron chi connectivity index (χ1n) is 7.54. The molecule has 1 atom stereocenters. The number of hydrogen-bond acceptors (Lipinski definition) is 3. The van der Waals surface area contributed by atoms with Crippen LogP contribution in [-0.2, 0) is 17.9 Å². The van der Waals surface area contributed by atoms with E-state index < -0.39 is 0 Å². The quantitative estimate of drug-likeness (QED) is 0.650. The molecule has 3 nitrogen and oxygen atoms in total. The molecule has 0 amide bonds. The number of ether oxygens (including phenoxy) is 1. The zero-order valence-electron chi connectivity index (χ0n) is 12.9. The maximum Gasteiger partial charge on any atom is 0.130 e. The van der Waals surface area contributed by atoms with E-state index in [4.69, 9.17) is 9.15 Å². The number of rotatable bonds is 10. The van der Waals surface area contributed by atoms with Crippen molar-refractivity contribution in [3.8, 4) is 0 Å². The normalized spacial score (nSPS) is 12.8. The van der Waals surface area contributed by atoms with E-state index in [0.29, 0.717) is 12.5 Å². The summed E-state index contributed by atoms with van der Waals surface area (Å²) in [6, 6.07) is 2.09. The molecule has 0 radical (unpaired) electrons. The molecule has 3 heteroatoms.